The van der Waals surface area contributed by atoms with Crippen LogP contribution in [0.3, 0.4) is 0 Å². The summed E-state index contributed by atoms with van der Waals surface area (Å²) in [4.78, 5) is 83.3. The summed E-state index contributed by atoms with van der Waals surface area (Å²) in [5.74, 6) is -5.55. The third kappa shape index (κ3) is 11.0. The van der Waals surface area contributed by atoms with Crippen LogP contribution in [0.1, 0.15) is 48.5 Å². The van der Waals surface area contributed by atoms with Crippen LogP contribution in [0.2, 0.25) is 0 Å². The lowest BCUT2D eigenvalue weighted by Crippen LogP contribution is -2.64. The number of esters is 7. The van der Waals surface area contributed by atoms with Crippen LogP contribution >= 0.6 is 15.9 Å². The molecule has 2 fully saturated rings. The Bertz CT molecular complexity index is 1090. The highest BCUT2D eigenvalue weighted by atomic mass is 79.9. The van der Waals surface area contributed by atoms with Crippen LogP contribution in [0, 0.1) is 0 Å². The van der Waals surface area contributed by atoms with Crippen LogP contribution in [-0.4, -0.2) is 115 Å². The molecule has 0 N–H and O–H groups in total. The molecule has 18 heteroatoms. The number of hydrogen-bond donors (Lipinski definition) is 0. The molecule has 2 aliphatic rings. The minimum atomic E-state index is -1.58. The van der Waals surface area contributed by atoms with Crippen molar-refractivity contribution in [3.8, 4) is 0 Å². The van der Waals surface area contributed by atoms with Crippen molar-refractivity contribution in [2.45, 2.75) is 109 Å². The molecule has 2 heterocycles. The largest absolute Gasteiger partial charge is 0.463 e. The van der Waals surface area contributed by atoms with Crippen molar-refractivity contribution in [1.29, 1.82) is 0 Å². The lowest BCUT2D eigenvalue weighted by atomic mass is 9.97. The fraction of sp³-hybridized carbons (Fsp3) is 0.731. The molecule has 0 unspecified atom stereocenters. The van der Waals surface area contributed by atoms with Gasteiger partial charge in [0, 0.05) is 48.5 Å². The van der Waals surface area contributed by atoms with E-state index < -0.39 is 115 Å². The third-order valence-corrected chi connectivity index (χ3v) is 6.59. The van der Waals surface area contributed by atoms with Gasteiger partial charge < -0.3 is 47.4 Å². The van der Waals surface area contributed by atoms with Crippen LogP contribution in [-0.2, 0) is 80.9 Å². The number of hydrogen-bond acceptors (Lipinski definition) is 17. The zero-order valence-electron chi connectivity index (χ0n) is 25.0. The van der Waals surface area contributed by atoms with Crippen LogP contribution in [0.15, 0.2) is 0 Å². The lowest BCUT2D eigenvalue weighted by Gasteiger charge is -2.45. The van der Waals surface area contributed by atoms with E-state index >= 15 is 0 Å². The van der Waals surface area contributed by atoms with E-state index in [0.29, 0.717) is 0 Å². The standard InChI is InChI=1S/C26H35BrO17/c1-10(28)35-8-18-20(38-12(3)30)22(40-14(5)32)24(42-16(7)34)26(44-18)36-9-17-19(37-11(2)29)21(39-13(4)31)23(25(27)43-17)41-15(6)33/h17-26H,8-9H2,1-7H3/t17-,18-,19-,20+,21+,22+,23-,24-,25+,26+/m1/s1. The Labute approximate surface area is 260 Å². The molecule has 0 aromatic carbocycles. The fourth-order valence-corrected chi connectivity index (χ4v) is 5.17. The molecule has 0 bridgehead atoms. The highest BCUT2D eigenvalue weighted by Gasteiger charge is 2.55. The topological polar surface area (TPSA) is 212 Å². The minimum Gasteiger partial charge on any atom is -0.463 e. The fourth-order valence-electron chi connectivity index (χ4n) is 4.49. The molecule has 0 radical (unpaired) electrons. The maximum Gasteiger partial charge on any atom is 0.303 e. The van der Waals surface area contributed by atoms with Gasteiger partial charge in [-0.3, -0.25) is 33.6 Å². The van der Waals surface area contributed by atoms with Crippen molar-refractivity contribution in [3.63, 3.8) is 0 Å². The summed E-state index contributed by atoms with van der Waals surface area (Å²) >= 11 is 3.23. The smallest absolute Gasteiger partial charge is 0.303 e. The highest BCUT2D eigenvalue weighted by molar-refractivity contribution is 9.09. The van der Waals surface area contributed by atoms with Gasteiger partial charge in [0.05, 0.1) is 6.61 Å². The lowest BCUT2D eigenvalue weighted by molar-refractivity contribution is -0.317. The van der Waals surface area contributed by atoms with Gasteiger partial charge in [0.25, 0.3) is 0 Å². The van der Waals surface area contributed by atoms with E-state index in [1.165, 1.54) is 0 Å². The molecule has 248 valence electrons. The molecule has 2 aliphatic heterocycles. The van der Waals surface area contributed by atoms with Gasteiger partial charge in [0.2, 0.25) is 0 Å². The van der Waals surface area contributed by atoms with E-state index in [4.69, 9.17) is 47.4 Å². The van der Waals surface area contributed by atoms with E-state index in [9.17, 15) is 33.6 Å². The first-order valence-corrected chi connectivity index (χ1v) is 14.1. The van der Waals surface area contributed by atoms with Gasteiger partial charge in [0.1, 0.15) is 18.8 Å². The Morgan fingerprint density at radius 1 is 0.477 bits per heavy atom. The van der Waals surface area contributed by atoms with E-state index in [1.54, 1.807) is 0 Å². The Kier molecular flexibility index (Phi) is 13.9. The van der Waals surface area contributed by atoms with Crippen LogP contribution in [0.25, 0.3) is 0 Å². The van der Waals surface area contributed by atoms with Gasteiger partial charge in [-0.25, -0.2) is 0 Å². The van der Waals surface area contributed by atoms with Crippen molar-refractivity contribution in [1.82, 2.24) is 0 Å². The molecule has 44 heavy (non-hydrogen) atoms. The van der Waals surface area contributed by atoms with Gasteiger partial charge in [-0.15, -0.1) is 0 Å². The highest BCUT2D eigenvalue weighted by Crippen LogP contribution is 2.34. The zero-order valence-corrected chi connectivity index (χ0v) is 26.6. The summed E-state index contributed by atoms with van der Waals surface area (Å²) in [6.07, 6.45) is -12.5. The number of carbonyl (C=O) groups is 7. The molecule has 0 saturated carbocycles. The number of ether oxygens (including phenoxy) is 10. The molecule has 0 aromatic heterocycles. The summed E-state index contributed by atoms with van der Waals surface area (Å²) in [7, 11) is 0. The van der Waals surface area contributed by atoms with Crippen molar-refractivity contribution >= 4 is 57.7 Å². The molecule has 0 aromatic rings. The first-order chi connectivity index (χ1) is 20.5. The maximum atomic E-state index is 12.1. The van der Waals surface area contributed by atoms with E-state index in [0.717, 1.165) is 48.5 Å². The van der Waals surface area contributed by atoms with Crippen molar-refractivity contribution < 1.29 is 80.9 Å². The normalized spacial score (nSPS) is 31.5. The van der Waals surface area contributed by atoms with Crippen molar-refractivity contribution in [2.24, 2.45) is 0 Å². The average molecular weight is 699 g/mol. The van der Waals surface area contributed by atoms with Gasteiger partial charge in [-0.1, -0.05) is 15.9 Å². The van der Waals surface area contributed by atoms with Gasteiger partial charge >= 0.3 is 41.8 Å². The van der Waals surface area contributed by atoms with Gasteiger partial charge in [-0.2, -0.15) is 0 Å². The Balaban J connectivity index is 2.48. The molecule has 0 amide bonds. The number of alkyl halides is 1. The molecule has 0 aliphatic carbocycles. The number of rotatable bonds is 11. The first kappa shape index (κ1) is 36.8. The summed E-state index contributed by atoms with van der Waals surface area (Å²) in [5.41, 5.74) is 0. The quantitative estimate of drug-likeness (QED) is 0.158. The molecular formula is C26H35BrO17. The Hall–Kier alpha value is -3.35. The second-order valence-corrected chi connectivity index (χ2v) is 10.6. The summed E-state index contributed by atoms with van der Waals surface area (Å²) in [5, 5.41) is -1.09. The average Bonchev–Trinajstić information content (AvgIpc) is 2.87. The third-order valence-electron chi connectivity index (χ3n) is 5.86. The number of halogens is 1. The molecule has 17 nitrogen and oxygen atoms in total. The van der Waals surface area contributed by atoms with Gasteiger partial charge in [0.15, 0.2) is 47.9 Å². The molecule has 10 atom stereocenters. The first-order valence-electron chi connectivity index (χ1n) is 13.2. The number of carbonyl (C=O) groups excluding carboxylic acids is 7. The summed E-state index contributed by atoms with van der Waals surface area (Å²) in [6.45, 7) is 6.61. The van der Waals surface area contributed by atoms with E-state index in [-0.39, 0.29) is 0 Å². The van der Waals surface area contributed by atoms with Crippen LogP contribution in [0.4, 0.5) is 0 Å². The Morgan fingerprint density at radius 2 is 0.841 bits per heavy atom. The van der Waals surface area contributed by atoms with Crippen molar-refractivity contribution in [2.75, 3.05) is 13.2 Å². The minimum absolute atomic E-state index is 0.490. The molecule has 0 spiro atoms. The molecule has 2 rings (SSSR count). The van der Waals surface area contributed by atoms with Gasteiger partial charge in [-0.05, 0) is 0 Å². The molecule has 2 saturated heterocycles. The summed E-state index contributed by atoms with van der Waals surface area (Å²) < 4.78 is 54.8. The van der Waals surface area contributed by atoms with Crippen LogP contribution < -0.4 is 0 Å². The summed E-state index contributed by atoms with van der Waals surface area (Å²) in [6, 6.07) is 0. The predicted octanol–water partition coefficient (Wildman–Crippen LogP) is 0.00100. The van der Waals surface area contributed by atoms with Crippen molar-refractivity contribution in [3.05, 3.63) is 0 Å². The van der Waals surface area contributed by atoms with E-state index in [1.807, 2.05) is 0 Å². The van der Waals surface area contributed by atoms with Crippen LogP contribution in [0.5, 0.6) is 0 Å². The second kappa shape index (κ2) is 16.6. The molecular weight excluding hydrogens is 664 g/mol. The maximum absolute atomic E-state index is 12.1. The zero-order chi connectivity index (χ0) is 33.3. The Morgan fingerprint density at radius 3 is 1.27 bits per heavy atom. The second-order valence-electron chi connectivity index (χ2n) is 9.65. The monoisotopic (exact) mass is 698 g/mol. The SMILES string of the molecule is CC(=O)OC[C@H]1O[C@H](OC[C@H]2O[C@H](Br)[C@H](OC(C)=O)[C@@H](OC(C)=O)[C@@H]2OC(C)=O)[C@H](OC(C)=O)[C@@H](OC(C)=O)[C@H]1OC(C)=O. The predicted molar refractivity (Wildman–Crippen MR) is 142 cm³/mol. The van der Waals surface area contributed by atoms with E-state index in [2.05, 4.69) is 15.9 Å².